The van der Waals surface area contributed by atoms with E-state index in [2.05, 4.69) is 74.6 Å². The molecule has 0 aromatic rings. The molecule has 0 aromatic carbocycles. The number of nitrogens with zero attached hydrogens (tertiary/aromatic N) is 1. The van der Waals surface area contributed by atoms with Crippen LogP contribution in [0.4, 0.5) is 0 Å². The van der Waals surface area contributed by atoms with E-state index in [1.807, 2.05) is 21.1 Å². The van der Waals surface area contributed by atoms with E-state index in [9.17, 15) is 14.3 Å². The lowest BCUT2D eigenvalue weighted by atomic mass is 10.0. The van der Waals surface area contributed by atoms with Crippen LogP contribution in [0.25, 0.3) is 0 Å². The highest BCUT2D eigenvalue weighted by molar-refractivity contribution is 7.47. The van der Waals surface area contributed by atoms with E-state index in [0.717, 1.165) is 70.6 Å². The number of phosphoric acid groups is 1. The van der Waals surface area contributed by atoms with Gasteiger partial charge < -0.3 is 18.9 Å². The normalized spacial score (nSPS) is 14.1. The first kappa shape index (κ1) is 61.2. The van der Waals surface area contributed by atoms with Crippen LogP contribution >= 0.6 is 7.82 Å². The molecule has 63 heavy (non-hydrogen) atoms. The quantitative estimate of drug-likeness (QED) is 0.0214. The second-order valence-corrected chi connectivity index (χ2v) is 20.0. The van der Waals surface area contributed by atoms with E-state index in [-0.39, 0.29) is 25.8 Å². The molecule has 0 aliphatic heterocycles. The Kier molecular flexibility index (Phi) is 45.4. The van der Waals surface area contributed by atoms with Crippen LogP contribution < -0.4 is 0 Å². The molecule has 0 bridgehead atoms. The number of likely N-dealkylation sites (N-methyl/N-ethyl adjacent to an activating group) is 1. The Morgan fingerprint density at radius 1 is 0.508 bits per heavy atom. The Bertz CT molecular complexity index is 1190. The maximum atomic E-state index is 12.7. The van der Waals surface area contributed by atoms with Gasteiger partial charge in [0.1, 0.15) is 19.3 Å². The van der Waals surface area contributed by atoms with E-state index in [1.54, 1.807) is 0 Å². The molecule has 8 nitrogen and oxygen atoms in total. The number of allylic oxidation sites excluding steroid dienone is 10. The highest BCUT2D eigenvalue weighted by Gasteiger charge is 2.26. The van der Waals surface area contributed by atoms with Gasteiger partial charge in [-0.15, -0.1) is 0 Å². The number of quaternary nitrogens is 1. The van der Waals surface area contributed by atoms with Gasteiger partial charge in [0.15, 0.2) is 0 Å². The SMILES string of the molecule is CC/C=C\C/C=C\C/C=C\C/C=C\CCCCCCCCCCCCCCCOCC(COP(=O)(O)OCC[N+](C)(C)C)OC(=O)CCCCCCC/C=C\CCCCCCCC. The lowest BCUT2D eigenvalue weighted by Crippen LogP contribution is -2.37. The molecule has 0 aromatic heterocycles. The Labute approximate surface area is 390 Å². The number of carbonyl (C=O) groups excluding carboxylic acids is 1. The molecule has 0 heterocycles. The van der Waals surface area contributed by atoms with Crippen LogP contribution in [0.15, 0.2) is 60.8 Å². The summed E-state index contributed by atoms with van der Waals surface area (Å²) in [6.07, 6.45) is 59.8. The molecule has 368 valence electrons. The third-order valence-corrected chi connectivity index (χ3v) is 12.0. The molecule has 0 saturated heterocycles. The fourth-order valence-electron chi connectivity index (χ4n) is 7.07. The largest absolute Gasteiger partial charge is 0.472 e. The molecule has 0 aliphatic carbocycles. The summed E-state index contributed by atoms with van der Waals surface area (Å²) < 4.78 is 35.1. The van der Waals surface area contributed by atoms with Crippen molar-refractivity contribution in [3.05, 3.63) is 60.8 Å². The van der Waals surface area contributed by atoms with E-state index in [0.29, 0.717) is 24.1 Å². The van der Waals surface area contributed by atoms with Crippen LogP contribution in [-0.4, -0.2) is 75.6 Å². The zero-order chi connectivity index (χ0) is 46.2. The Hall–Kier alpha value is -1.80. The standard InChI is InChI=1S/C54H100NO7P/c1-6-8-10-12-14-16-18-20-22-23-24-25-26-27-28-29-30-31-32-34-36-38-40-42-44-46-49-59-51-53(52-61-63(57,58)60-50-48-55(3,4)5)62-54(56)47-45-43-41-39-37-35-33-21-19-17-15-13-11-9-7-2/h8,10,14,16,20-22,24-25,33,53H,6-7,9,11-13,15,17-19,23,26-32,34-52H2,1-5H3/p+1/b10-8-,16-14-,22-20-,25-24-,33-21-. The highest BCUT2D eigenvalue weighted by atomic mass is 31.2. The number of ether oxygens (including phenoxy) is 2. The van der Waals surface area contributed by atoms with Crippen molar-refractivity contribution >= 4 is 13.8 Å². The zero-order valence-electron chi connectivity index (χ0n) is 41.8. The van der Waals surface area contributed by atoms with Gasteiger partial charge >= 0.3 is 13.8 Å². The first-order chi connectivity index (χ1) is 30.6. The van der Waals surface area contributed by atoms with Gasteiger partial charge in [-0.05, 0) is 77.0 Å². The van der Waals surface area contributed by atoms with E-state index < -0.39 is 13.9 Å². The second kappa shape index (κ2) is 46.7. The molecule has 0 rings (SSSR count). The van der Waals surface area contributed by atoms with Gasteiger partial charge in [-0.3, -0.25) is 13.8 Å². The number of phosphoric ester groups is 1. The van der Waals surface area contributed by atoms with E-state index in [4.69, 9.17) is 18.5 Å². The Balaban J connectivity index is 4.08. The summed E-state index contributed by atoms with van der Waals surface area (Å²) in [5.74, 6) is -0.322. The van der Waals surface area contributed by atoms with Crippen molar-refractivity contribution in [1.82, 2.24) is 0 Å². The Morgan fingerprint density at radius 3 is 1.40 bits per heavy atom. The van der Waals surface area contributed by atoms with Gasteiger partial charge in [0.2, 0.25) is 0 Å². The summed E-state index contributed by atoms with van der Waals surface area (Å²) in [7, 11) is 1.66. The first-order valence-corrected chi connectivity index (χ1v) is 27.5. The van der Waals surface area contributed by atoms with Crippen molar-refractivity contribution in [3.8, 4) is 0 Å². The van der Waals surface area contributed by atoms with Gasteiger partial charge in [0, 0.05) is 13.0 Å². The average molecular weight is 907 g/mol. The summed E-state index contributed by atoms with van der Waals surface area (Å²) in [5.41, 5.74) is 0. The molecular weight excluding hydrogens is 806 g/mol. The molecule has 2 atom stereocenters. The summed E-state index contributed by atoms with van der Waals surface area (Å²) >= 11 is 0. The number of esters is 1. The number of unbranched alkanes of at least 4 members (excludes halogenated alkanes) is 24. The average Bonchev–Trinajstić information content (AvgIpc) is 3.24. The van der Waals surface area contributed by atoms with Crippen LogP contribution in [0.3, 0.4) is 0 Å². The molecule has 0 saturated carbocycles. The van der Waals surface area contributed by atoms with Crippen LogP contribution in [0.1, 0.15) is 219 Å². The highest BCUT2D eigenvalue weighted by Crippen LogP contribution is 2.43. The van der Waals surface area contributed by atoms with Crippen molar-refractivity contribution in [3.63, 3.8) is 0 Å². The van der Waals surface area contributed by atoms with Crippen LogP contribution in [0.5, 0.6) is 0 Å². The van der Waals surface area contributed by atoms with Crippen LogP contribution in [0, 0.1) is 0 Å². The van der Waals surface area contributed by atoms with Crippen molar-refractivity contribution in [2.45, 2.75) is 225 Å². The van der Waals surface area contributed by atoms with E-state index in [1.165, 1.54) is 128 Å². The lowest BCUT2D eigenvalue weighted by Gasteiger charge is -2.24. The fraction of sp³-hybridized carbons (Fsp3) is 0.796. The van der Waals surface area contributed by atoms with Crippen molar-refractivity contribution in [1.29, 1.82) is 0 Å². The minimum absolute atomic E-state index is 0.0856. The summed E-state index contributed by atoms with van der Waals surface area (Å²) in [6.45, 7) is 5.51. The number of hydrogen-bond donors (Lipinski definition) is 1. The van der Waals surface area contributed by atoms with Gasteiger partial charge in [-0.1, -0.05) is 197 Å². The summed E-state index contributed by atoms with van der Waals surface area (Å²) in [5, 5.41) is 0. The molecule has 9 heteroatoms. The molecule has 0 radical (unpaired) electrons. The monoisotopic (exact) mass is 907 g/mol. The van der Waals surface area contributed by atoms with Crippen molar-refractivity contribution in [2.75, 3.05) is 54.1 Å². The third kappa shape index (κ3) is 51.1. The molecule has 0 fully saturated rings. The van der Waals surface area contributed by atoms with Gasteiger partial charge in [0.25, 0.3) is 0 Å². The van der Waals surface area contributed by atoms with Gasteiger partial charge in [0.05, 0.1) is 34.4 Å². The smallest absolute Gasteiger partial charge is 0.457 e. The van der Waals surface area contributed by atoms with Crippen molar-refractivity contribution < 1.29 is 37.3 Å². The number of rotatable bonds is 48. The predicted octanol–water partition coefficient (Wildman–Crippen LogP) is 16.1. The minimum atomic E-state index is -4.28. The van der Waals surface area contributed by atoms with Gasteiger partial charge in [-0.25, -0.2) is 4.57 Å². The van der Waals surface area contributed by atoms with E-state index >= 15 is 0 Å². The lowest BCUT2D eigenvalue weighted by molar-refractivity contribution is -0.870. The number of hydrogen-bond acceptors (Lipinski definition) is 6. The third-order valence-electron chi connectivity index (χ3n) is 11.1. The van der Waals surface area contributed by atoms with Crippen molar-refractivity contribution in [2.24, 2.45) is 0 Å². The molecule has 1 N–H and O–H groups in total. The summed E-state index contributed by atoms with van der Waals surface area (Å²) in [6, 6.07) is 0. The molecule has 0 aliphatic rings. The summed E-state index contributed by atoms with van der Waals surface area (Å²) in [4.78, 5) is 23.0. The molecule has 0 amide bonds. The van der Waals surface area contributed by atoms with Gasteiger partial charge in [-0.2, -0.15) is 0 Å². The molecule has 0 spiro atoms. The second-order valence-electron chi connectivity index (χ2n) is 18.5. The molecular formula is C54H101NO7P+. The topological polar surface area (TPSA) is 91.3 Å². The maximum Gasteiger partial charge on any atom is 0.472 e. The maximum absolute atomic E-state index is 12.7. The minimum Gasteiger partial charge on any atom is -0.457 e. The van der Waals surface area contributed by atoms with Crippen LogP contribution in [-0.2, 0) is 27.9 Å². The van der Waals surface area contributed by atoms with Crippen LogP contribution in [0.2, 0.25) is 0 Å². The molecule has 2 unspecified atom stereocenters. The fourth-order valence-corrected chi connectivity index (χ4v) is 7.81. The Morgan fingerprint density at radius 2 is 0.921 bits per heavy atom. The number of carbonyl (C=O) groups is 1. The zero-order valence-corrected chi connectivity index (χ0v) is 42.7. The first-order valence-electron chi connectivity index (χ1n) is 26.0. The predicted molar refractivity (Wildman–Crippen MR) is 270 cm³/mol.